The van der Waals surface area contributed by atoms with Crippen LogP contribution in [0.4, 0.5) is 14.6 Å². The molecule has 0 spiro atoms. The number of pyridine rings is 1. The third-order valence-corrected chi connectivity index (χ3v) is 4.07. The van der Waals surface area contributed by atoms with Crippen LogP contribution in [0.2, 0.25) is 0 Å². The Hall–Kier alpha value is -0.950. The van der Waals surface area contributed by atoms with E-state index < -0.39 is 41.3 Å². The molecule has 0 atom stereocenters. The van der Waals surface area contributed by atoms with Gasteiger partial charge in [-0.25, -0.2) is 22.3 Å². The topological polar surface area (TPSA) is 116 Å². The van der Waals surface area contributed by atoms with E-state index in [4.69, 9.17) is 5.14 Å². The molecule has 1 heterocycles. The van der Waals surface area contributed by atoms with E-state index in [1.165, 1.54) is 22.6 Å². The number of nitrogens with two attached hydrogens (primary N) is 1. The number of rotatable bonds is 3. The van der Waals surface area contributed by atoms with E-state index >= 15 is 0 Å². The van der Waals surface area contributed by atoms with Crippen molar-refractivity contribution >= 4 is 38.4 Å². The quantitative estimate of drug-likeness (QED) is 0.481. The van der Waals surface area contributed by atoms with Crippen LogP contribution in [0.1, 0.15) is 12.1 Å². The van der Waals surface area contributed by atoms with Gasteiger partial charge in [0, 0.05) is 0 Å². The Morgan fingerprint density at radius 3 is 2.41 bits per heavy atom. The number of nitrogens with zero attached hydrogens (tertiary/aromatic N) is 2. The minimum absolute atomic E-state index is 0.425. The number of nitro groups is 1. The summed E-state index contributed by atoms with van der Waals surface area (Å²) in [5, 5.41) is 15.2. The molecule has 0 saturated heterocycles. The fraction of sp³-hybridized carbons (Fsp3) is 0.167. The number of sulfonamides is 1. The Morgan fingerprint density at radius 2 is 2.06 bits per heavy atom. The molecule has 0 unspecified atom stereocenters. The van der Waals surface area contributed by atoms with E-state index in [-0.39, 0.29) is 0 Å². The SMILES string of the molecule is NS(=O)(=O)c1cc([N+](=O)[O-])nc(C(F)F)c1I. The molecule has 7 nitrogen and oxygen atoms in total. The van der Waals surface area contributed by atoms with E-state index in [0.29, 0.717) is 6.07 Å². The highest BCUT2D eigenvalue weighted by molar-refractivity contribution is 14.1. The Balaban J connectivity index is 3.67. The lowest BCUT2D eigenvalue weighted by Crippen LogP contribution is -2.16. The van der Waals surface area contributed by atoms with Gasteiger partial charge in [0.15, 0.2) is 0 Å². The first-order chi connectivity index (χ1) is 7.64. The van der Waals surface area contributed by atoms with Crippen LogP contribution in [-0.2, 0) is 10.0 Å². The molecule has 94 valence electrons. The molecule has 0 bridgehead atoms. The summed E-state index contributed by atoms with van der Waals surface area (Å²) in [6.45, 7) is 0. The zero-order chi connectivity index (χ0) is 13.4. The van der Waals surface area contributed by atoms with Gasteiger partial charge in [-0.2, -0.15) is 0 Å². The standard InChI is InChI=1S/C6H4F2IN3O4S/c7-6(8)5-4(9)2(17(10,15)16)1-3(11-5)12(13)14/h1,6H,(H2,10,15,16). The average Bonchev–Trinajstić information content (AvgIpc) is 2.15. The minimum atomic E-state index is -4.33. The van der Waals surface area contributed by atoms with Crippen LogP contribution in [-0.4, -0.2) is 18.3 Å². The Labute approximate surface area is 107 Å². The van der Waals surface area contributed by atoms with Crippen molar-refractivity contribution in [2.45, 2.75) is 11.3 Å². The van der Waals surface area contributed by atoms with Crippen LogP contribution in [0, 0.1) is 13.7 Å². The second-order valence-electron chi connectivity index (χ2n) is 2.78. The molecule has 0 aliphatic heterocycles. The average molecular weight is 379 g/mol. The number of aromatic nitrogens is 1. The predicted octanol–water partition coefficient (Wildman–Crippen LogP) is 1.18. The molecule has 0 radical (unpaired) electrons. The smallest absolute Gasteiger partial charge is 0.358 e. The second-order valence-corrected chi connectivity index (χ2v) is 5.39. The molecule has 1 aromatic rings. The largest absolute Gasteiger partial charge is 0.365 e. The molecule has 1 aromatic heterocycles. The van der Waals surface area contributed by atoms with Crippen molar-refractivity contribution in [3.05, 3.63) is 25.4 Å². The van der Waals surface area contributed by atoms with Gasteiger partial charge < -0.3 is 10.1 Å². The monoisotopic (exact) mass is 379 g/mol. The first kappa shape index (κ1) is 14.1. The van der Waals surface area contributed by atoms with Gasteiger partial charge in [-0.1, -0.05) is 0 Å². The van der Waals surface area contributed by atoms with Crippen molar-refractivity contribution in [2.75, 3.05) is 0 Å². The summed E-state index contributed by atoms with van der Waals surface area (Å²) in [6.07, 6.45) is -3.14. The van der Waals surface area contributed by atoms with E-state index in [1.807, 2.05) is 0 Å². The molecule has 2 N–H and O–H groups in total. The Morgan fingerprint density at radius 1 is 1.53 bits per heavy atom. The van der Waals surface area contributed by atoms with Crippen molar-refractivity contribution in [1.82, 2.24) is 4.98 Å². The van der Waals surface area contributed by atoms with Gasteiger partial charge in [0.2, 0.25) is 15.7 Å². The number of hydrogen-bond donors (Lipinski definition) is 1. The summed E-state index contributed by atoms with van der Waals surface area (Å²) >= 11 is 1.30. The molecular weight excluding hydrogens is 375 g/mol. The normalized spacial score (nSPS) is 11.8. The third kappa shape index (κ3) is 3.04. The maximum atomic E-state index is 12.5. The van der Waals surface area contributed by atoms with Gasteiger partial charge in [0.1, 0.15) is 4.90 Å². The maximum absolute atomic E-state index is 12.5. The first-order valence-corrected chi connectivity index (χ1v) is 6.43. The van der Waals surface area contributed by atoms with Crippen LogP contribution in [0.3, 0.4) is 0 Å². The minimum Gasteiger partial charge on any atom is -0.358 e. The summed E-state index contributed by atoms with van der Waals surface area (Å²) < 4.78 is 46.8. The number of primary sulfonamides is 1. The van der Waals surface area contributed by atoms with Gasteiger partial charge in [0.25, 0.3) is 0 Å². The number of hydrogen-bond acceptors (Lipinski definition) is 5. The molecule has 1 rings (SSSR count). The molecule has 0 fully saturated rings. The molecule has 17 heavy (non-hydrogen) atoms. The number of halogens is 3. The molecule has 0 aliphatic carbocycles. The van der Waals surface area contributed by atoms with Crippen molar-refractivity contribution in [1.29, 1.82) is 0 Å². The van der Waals surface area contributed by atoms with E-state index in [0.717, 1.165) is 0 Å². The number of alkyl halides is 2. The van der Waals surface area contributed by atoms with Crippen molar-refractivity contribution in [2.24, 2.45) is 5.14 Å². The van der Waals surface area contributed by atoms with Crippen LogP contribution >= 0.6 is 22.6 Å². The van der Waals surface area contributed by atoms with Crippen molar-refractivity contribution in [3.63, 3.8) is 0 Å². The third-order valence-electron chi connectivity index (χ3n) is 1.64. The highest BCUT2D eigenvalue weighted by Crippen LogP contribution is 2.30. The molecule has 0 aliphatic rings. The van der Waals surface area contributed by atoms with Crippen LogP contribution < -0.4 is 5.14 Å². The lowest BCUT2D eigenvalue weighted by Gasteiger charge is -2.04. The van der Waals surface area contributed by atoms with E-state index in [9.17, 15) is 27.3 Å². The van der Waals surface area contributed by atoms with Crippen molar-refractivity contribution in [3.8, 4) is 0 Å². The zero-order valence-corrected chi connectivity index (χ0v) is 10.8. The van der Waals surface area contributed by atoms with E-state index in [1.54, 1.807) is 0 Å². The highest BCUT2D eigenvalue weighted by Gasteiger charge is 2.29. The summed E-state index contributed by atoms with van der Waals surface area (Å²) in [7, 11) is -4.33. The first-order valence-electron chi connectivity index (χ1n) is 3.80. The molecule has 0 aromatic carbocycles. The van der Waals surface area contributed by atoms with Gasteiger partial charge in [-0.15, -0.1) is 0 Å². The second kappa shape index (κ2) is 4.73. The zero-order valence-electron chi connectivity index (χ0n) is 7.80. The van der Waals surface area contributed by atoms with Crippen LogP contribution in [0.25, 0.3) is 0 Å². The van der Waals surface area contributed by atoms with E-state index in [2.05, 4.69) is 4.98 Å². The summed E-state index contributed by atoms with van der Waals surface area (Å²) in [4.78, 5) is 11.7. The molecule has 0 amide bonds. The van der Waals surface area contributed by atoms with Gasteiger partial charge >= 0.3 is 12.2 Å². The maximum Gasteiger partial charge on any atom is 0.365 e. The summed E-state index contributed by atoms with van der Waals surface area (Å²) in [5.74, 6) is -0.996. The highest BCUT2D eigenvalue weighted by atomic mass is 127. The van der Waals surface area contributed by atoms with Crippen LogP contribution in [0.5, 0.6) is 0 Å². The summed E-state index contributed by atoms with van der Waals surface area (Å²) in [5.41, 5.74) is -0.983. The van der Waals surface area contributed by atoms with Gasteiger partial charge in [0.05, 0.1) is 9.64 Å². The van der Waals surface area contributed by atoms with Crippen molar-refractivity contribution < 1.29 is 22.1 Å². The predicted molar refractivity (Wildman–Crippen MR) is 59.9 cm³/mol. The van der Waals surface area contributed by atoms with Gasteiger partial charge in [-0.05, 0) is 32.5 Å². The van der Waals surface area contributed by atoms with Crippen LogP contribution in [0.15, 0.2) is 11.0 Å². The fourth-order valence-electron chi connectivity index (χ4n) is 0.957. The fourth-order valence-corrected chi connectivity index (χ4v) is 3.01. The Kier molecular flexibility index (Phi) is 3.93. The lowest BCUT2D eigenvalue weighted by atomic mass is 10.3. The van der Waals surface area contributed by atoms with Gasteiger partial charge in [-0.3, -0.25) is 0 Å². The lowest BCUT2D eigenvalue weighted by molar-refractivity contribution is -0.390. The molecule has 11 heteroatoms. The molecular formula is C6H4F2IN3O4S. The summed E-state index contributed by atoms with van der Waals surface area (Å²) in [6, 6.07) is 0.545. The Bertz CT molecular complexity index is 577. The molecule has 0 saturated carbocycles.